The third kappa shape index (κ3) is 2.68. The van der Waals surface area contributed by atoms with E-state index in [0.29, 0.717) is 13.0 Å². The molecular weight excluding hydrogens is 376 g/mol. The van der Waals surface area contributed by atoms with E-state index in [9.17, 15) is 17.6 Å². The second-order valence-corrected chi connectivity index (χ2v) is 6.22. The van der Waals surface area contributed by atoms with Crippen LogP contribution in [-0.2, 0) is 11.2 Å². The molecule has 0 saturated carbocycles. The minimum atomic E-state index is -1.44. The molecule has 1 nitrogen and oxygen atoms in total. The summed E-state index contributed by atoms with van der Waals surface area (Å²) in [6.45, 7) is 2.64. The Morgan fingerprint density at radius 1 is 1.09 bits per heavy atom. The molecule has 0 fully saturated rings. The van der Waals surface area contributed by atoms with Gasteiger partial charge >= 0.3 is 0 Å². The molecule has 23 heavy (non-hydrogen) atoms. The van der Waals surface area contributed by atoms with Crippen molar-refractivity contribution in [3.8, 4) is 11.1 Å². The highest BCUT2D eigenvalue weighted by atomic mass is 79.9. The quantitative estimate of drug-likeness (QED) is 0.371. The van der Waals surface area contributed by atoms with Crippen LogP contribution in [0, 0.1) is 23.3 Å². The topological polar surface area (TPSA) is 9.23 Å². The lowest BCUT2D eigenvalue weighted by Gasteiger charge is -2.30. The van der Waals surface area contributed by atoms with Crippen molar-refractivity contribution in [2.75, 3.05) is 6.61 Å². The fourth-order valence-corrected chi connectivity index (χ4v) is 3.05. The average Bonchev–Trinajstić information content (AvgIpc) is 2.52. The van der Waals surface area contributed by atoms with Gasteiger partial charge in [0.15, 0.2) is 23.3 Å². The Labute approximate surface area is 139 Å². The molecule has 0 N–H and O–H groups in total. The van der Waals surface area contributed by atoms with Gasteiger partial charge in [-0.2, -0.15) is 0 Å². The minimum absolute atomic E-state index is 0.0212. The molecule has 0 amide bonds. The van der Waals surface area contributed by atoms with Crippen LogP contribution >= 0.6 is 15.9 Å². The fourth-order valence-electron chi connectivity index (χ4n) is 2.70. The lowest BCUT2D eigenvalue weighted by Crippen LogP contribution is -2.20. The highest BCUT2D eigenvalue weighted by Gasteiger charge is 2.29. The van der Waals surface area contributed by atoms with Crippen molar-refractivity contribution in [2.24, 2.45) is 0 Å². The molecule has 1 unspecified atom stereocenters. The highest BCUT2D eigenvalue weighted by molar-refractivity contribution is 9.10. The lowest BCUT2D eigenvalue weighted by atomic mass is 9.83. The Morgan fingerprint density at radius 3 is 2.30 bits per heavy atom. The molecule has 0 heterocycles. The predicted molar refractivity (Wildman–Crippen MR) is 82.1 cm³/mol. The Bertz CT molecular complexity index is 747. The number of benzene rings is 2. The van der Waals surface area contributed by atoms with Gasteiger partial charge in [-0.15, -0.1) is 0 Å². The molecule has 0 spiro atoms. The van der Waals surface area contributed by atoms with Gasteiger partial charge in [0.1, 0.15) is 0 Å². The van der Waals surface area contributed by atoms with Crippen LogP contribution in [0.15, 0.2) is 22.7 Å². The van der Waals surface area contributed by atoms with E-state index in [4.69, 9.17) is 4.74 Å². The molecule has 1 aliphatic rings. The number of hydrogen-bond donors (Lipinski definition) is 0. The standard InChI is InChI=1S/C17H13BrF4O/c1-2-5-23-11-7-9-6-8(3-4-10(9)11)12-14(19)16(21)13(18)17(22)15(12)20/h3-4,6,11H,2,5,7H2,1H3. The summed E-state index contributed by atoms with van der Waals surface area (Å²) >= 11 is 2.51. The van der Waals surface area contributed by atoms with Crippen LogP contribution < -0.4 is 0 Å². The van der Waals surface area contributed by atoms with Crippen LogP contribution in [0.1, 0.15) is 30.6 Å². The number of rotatable bonds is 4. The molecule has 2 aromatic rings. The first kappa shape index (κ1) is 16.5. The summed E-state index contributed by atoms with van der Waals surface area (Å²) in [4.78, 5) is 0. The fraction of sp³-hybridized carbons (Fsp3) is 0.294. The predicted octanol–water partition coefficient (Wildman–Crippen LogP) is 5.70. The molecule has 0 saturated heterocycles. The van der Waals surface area contributed by atoms with Crippen LogP contribution in [0.25, 0.3) is 11.1 Å². The first-order valence-corrected chi connectivity index (χ1v) is 8.01. The van der Waals surface area contributed by atoms with E-state index >= 15 is 0 Å². The van der Waals surface area contributed by atoms with E-state index in [-0.39, 0.29) is 11.7 Å². The van der Waals surface area contributed by atoms with Crippen molar-refractivity contribution < 1.29 is 22.3 Å². The molecule has 1 aliphatic carbocycles. The first-order valence-electron chi connectivity index (χ1n) is 7.21. The van der Waals surface area contributed by atoms with Gasteiger partial charge in [-0.1, -0.05) is 25.1 Å². The van der Waals surface area contributed by atoms with Crippen molar-refractivity contribution >= 4 is 15.9 Å². The van der Waals surface area contributed by atoms with Gasteiger partial charge in [0.25, 0.3) is 0 Å². The average molecular weight is 389 g/mol. The number of halogens is 5. The molecule has 1 atom stereocenters. The summed E-state index contributed by atoms with van der Waals surface area (Å²) < 4.78 is 60.2. The zero-order valence-corrected chi connectivity index (χ0v) is 13.8. The Morgan fingerprint density at radius 2 is 1.74 bits per heavy atom. The van der Waals surface area contributed by atoms with E-state index in [1.54, 1.807) is 12.1 Å². The third-order valence-electron chi connectivity index (χ3n) is 3.92. The molecule has 3 rings (SSSR count). The first-order chi connectivity index (χ1) is 11.0. The van der Waals surface area contributed by atoms with Crippen LogP contribution in [0.5, 0.6) is 0 Å². The van der Waals surface area contributed by atoms with Gasteiger partial charge in [-0.25, -0.2) is 17.6 Å². The van der Waals surface area contributed by atoms with Crippen LogP contribution in [0.3, 0.4) is 0 Å². The van der Waals surface area contributed by atoms with Crippen molar-refractivity contribution in [3.63, 3.8) is 0 Å². The summed E-state index contributed by atoms with van der Waals surface area (Å²) in [5, 5.41) is 0. The van der Waals surface area contributed by atoms with Crippen molar-refractivity contribution in [1.29, 1.82) is 0 Å². The smallest absolute Gasteiger partial charge is 0.176 e. The van der Waals surface area contributed by atoms with E-state index in [0.717, 1.165) is 17.5 Å². The molecule has 0 bridgehead atoms. The Hall–Kier alpha value is -1.40. The second kappa shape index (κ2) is 6.24. The second-order valence-electron chi connectivity index (χ2n) is 5.42. The van der Waals surface area contributed by atoms with E-state index in [1.165, 1.54) is 6.07 Å². The van der Waals surface area contributed by atoms with Crippen molar-refractivity contribution in [3.05, 3.63) is 57.1 Å². The maximum Gasteiger partial charge on any atom is 0.176 e. The maximum atomic E-state index is 14.0. The monoisotopic (exact) mass is 388 g/mol. The van der Waals surface area contributed by atoms with Gasteiger partial charge < -0.3 is 4.74 Å². The summed E-state index contributed by atoms with van der Waals surface area (Å²) in [6.07, 6.45) is 1.50. The lowest BCUT2D eigenvalue weighted by molar-refractivity contribution is 0.0374. The van der Waals surface area contributed by atoms with E-state index < -0.39 is 33.3 Å². The van der Waals surface area contributed by atoms with Gasteiger partial charge in [-0.05, 0) is 39.0 Å². The molecule has 6 heteroatoms. The number of ether oxygens (including phenoxy) is 1. The summed E-state index contributed by atoms with van der Waals surface area (Å²) in [7, 11) is 0. The normalized spacial score (nSPS) is 16.2. The zero-order chi connectivity index (χ0) is 16.7. The molecule has 0 aliphatic heterocycles. The minimum Gasteiger partial charge on any atom is -0.373 e. The van der Waals surface area contributed by atoms with Crippen molar-refractivity contribution in [1.82, 2.24) is 0 Å². The van der Waals surface area contributed by atoms with E-state index in [2.05, 4.69) is 15.9 Å². The number of fused-ring (bicyclic) bond motifs is 1. The number of hydrogen-bond acceptors (Lipinski definition) is 1. The van der Waals surface area contributed by atoms with Gasteiger partial charge in [0.2, 0.25) is 0 Å². The van der Waals surface area contributed by atoms with Gasteiger partial charge in [-0.3, -0.25) is 0 Å². The Kier molecular flexibility index (Phi) is 4.47. The summed E-state index contributed by atoms with van der Waals surface area (Å²) in [5.74, 6) is -5.70. The van der Waals surface area contributed by atoms with Crippen LogP contribution in [0.2, 0.25) is 0 Å². The Balaban J connectivity index is 2.01. The molecular formula is C17H13BrF4O. The molecule has 0 aromatic heterocycles. The SMILES string of the molecule is CCCOC1Cc2cc(-c3c(F)c(F)c(Br)c(F)c3F)ccc21. The zero-order valence-electron chi connectivity index (χ0n) is 12.2. The highest BCUT2D eigenvalue weighted by Crippen LogP contribution is 2.41. The van der Waals surface area contributed by atoms with Gasteiger partial charge in [0, 0.05) is 13.0 Å². The molecule has 122 valence electrons. The van der Waals surface area contributed by atoms with E-state index in [1.807, 2.05) is 6.92 Å². The van der Waals surface area contributed by atoms with Crippen molar-refractivity contribution in [2.45, 2.75) is 25.9 Å². The van der Waals surface area contributed by atoms with Gasteiger partial charge in [0.05, 0.1) is 16.1 Å². The molecule has 0 radical (unpaired) electrons. The van der Waals surface area contributed by atoms with Crippen LogP contribution in [0.4, 0.5) is 17.6 Å². The summed E-state index contributed by atoms with van der Waals surface area (Å²) in [6, 6.07) is 4.69. The largest absolute Gasteiger partial charge is 0.373 e. The van der Waals surface area contributed by atoms with Crippen LogP contribution in [-0.4, -0.2) is 6.61 Å². The summed E-state index contributed by atoms with van der Waals surface area (Å²) in [5.41, 5.74) is 1.23. The molecule has 2 aromatic carbocycles. The maximum absolute atomic E-state index is 14.0. The third-order valence-corrected chi connectivity index (χ3v) is 4.61.